The van der Waals surface area contributed by atoms with Gasteiger partial charge in [-0.2, -0.15) is 0 Å². The van der Waals surface area contributed by atoms with Crippen molar-refractivity contribution in [3.05, 3.63) is 48.6 Å². The number of unbranched alkanes of at least 4 members (excludes halogenated alkanes) is 42. The maximum atomic E-state index is 13.1. The highest BCUT2D eigenvalue weighted by atomic mass is 31.2. The fourth-order valence-corrected chi connectivity index (χ4v) is 12.7. The Labute approximate surface area is 597 Å². The number of carbonyl (C=O) groups excluding carboxylic acids is 4. The van der Waals surface area contributed by atoms with Gasteiger partial charge in [-0.3, -0.25) is 37.3 Å². The van der Waals surface area contributed by atoms with Gasteiger partial charge in [-0.1, -0.05) is 295 Å². The first-order chi connectivity index (χ1) is 47.7. The first kappa shape index (κ1) is 95.0. The van der Waals surface area contributed by atoms with Crippen molar-refractivity contribution >= 4 is 39.5 Å². The molecular formula is C79H146O17P2. The van der Waals surface area contributed by atoms with E-state index in [1.165, 1.54) is 148 Å². The van der Waals surface area contributed by atoms with Crippen LogP contribution in [0.25, 0.3) is 0 Å². The number of aliphatic hydroxyl groups excluding tert-OH is 1. The predicted molar refractivity (Wildman–Crippen MR) is 400 cm³/mol. The van der Waals surface area contributed by atoms with Crippen LogP contribution in [-0.2, 0) is 65.4 Å². The minimum absolute atomic E-state index is 0.0845. The van der Waals surface area contributed by atoms with Gasteiger partial charge < -0.3 is 33.8 Å². The number of aliphatic hydroxyl groups is 1. The van der Waals surface area contributed by atoms with Crippen LogP contribution in [0.15, 0.2) is 48.6 Å². The van der Waals surface area contributed by atoms with E-state index in [0.29, 0.717) is 25.7 Å². The second-order valence-corrected chi connectivity index (χ2v) is 29.9. The van der Waals surface area contributed by atoms with Crippen LogP contribution in [0, 0.1) is 0 Å². The molecule has 0 aromatic carbocycles. The maximum Gasteiger partial charge on any atom is 0.472 e. The molecule has 0 rings (SSSR count). The summed E-state index contributed by atoms with van der Waals surface area (Å²) in [5.41, 5.74) is 0. The lowest BCUT2D eigenvalue weighted by atomic mass is 10.0. The lowest BCUT2D eigenvalue weighted by molar-refractivity contribution is -0.161. The van der Waals surface area contributed by atoms with Crippen molar-refractivity contribution in [1.29, 1.82) is 0 Å². The van der Waals surface area contributed by atoms with Gasteiger partial charge in [0.25, 0.3) is 0 Å². The van der Waals surface area contributed by atoms with Gasteiger partial charge in [0.05, 0.1) is 26.4 Å². The smallest absolute Gasteiger partial charge is 0.462 e. The summed E-state index contributed by atoms with van der Waals surface area (Å²) in [6.45, 7) is 4.85. The van der Waals surface area contributed by atoms with Gasteiger partial charge in [-0.05, 0) is 103 Å². The first-order valence-electron chi connectivity index (χ1n) is 39.9. The number of esters is 4. The molecule has 98 heavy (non-hydrogen) atoms. The minimum Gasteiger partial charge on any atom is -0.462 e. The number of phosphoric ester groups is 2. The highest BCUT2D eigenvalue weighted by Gasteiger charge is 2.30. The third-order valence-electron chi connectivity index (χ3n) is 17.2. The van der Waals surface area contributed by atoms with Crippen LogP contribution in [0.3, 0.4) is 0 Å². The number of phosphoric acid groups is 2. The number of rotatable bonds is 76. The Hall–Kier alpha value is -2.98. The van der Waals surface area contributed by atoms with Crippen molar-refractivity contribution in [1.82, 2.24) is 0 Å². The molecule has 17 nitrogen and oxygen atoms in total. The third-order valence-corrected chi connectivity index (χ3v) is 19.1. The van der Waals surface area contributed by atoms with E-state index in [9.17, 15) is 43.2 Å². The predicted octanol–water partition coefficient (Wildman–Crippen LogP) is 22.9. The molecule has 0 aliphatic carbocycles. The quantitative estimate of drug-likeness (QED) is 0.0169. The summed E-state index contributed by atoms with van der Waals surface area (Å²) in [6.07, 6.45) is 69.4. The molecule has 5 atom stereocenters. The zero-order chi connectivity index (χ0) is 71.8. The molecule has 0 saturated carbocycles. The highest BCUT2D eigenvalue weighted by Crippen LogP contribution is 2.45. The largest absolute Gasteiger partial charge is 0.472 e. The normalized spacial score (nSPS) is 14.2. The number of hydrogen-bond acceptors (Lipinski definition) is 15. The first-order valence-corrected chi connectivity index (χ1v) is 42.9. The second kappa shape index (κ2) is 72.4. The molecule has 3 N–H and O–H groups in total. The van der Waals surface area contributed by atoms with Crippen LogP contribution in [-0.4, -0.2) is 96.7 Å². The van der Waals surface area contributed by atoms with Crippen LogP contribution < -0.4 is 0 Å². The van der Waals surface area contributed by atoms with E-state index >= 15 is 0 Å². The Morgan fingerprint density at radius 1 is 0.286 bits per heavy atom. The number of allylic oxidation sites excluding steroid dienone is 8. The van der Waals surface area contributed by atoms with Crippen LogP contribution in [0.2, 0.25) is 0 Å². The van der Waals surface area contributed by atoms with Crippen molar-refractivity contribution in [2.45, 2.75) is 393 Å². The van der Waals surface area contributed by atoms with Crippen LogP contribution in [0.5, 0.6) is 0 Å². The Morgan fingerprint density at radius 2 is 0.520 bits per heavy atom. The molecule has 0 fully saturated rings. The minimum atomic E-state index is -4.97. The van der Waals surface area contributed by atoms with Gasteiger partial charge in [-0.25, -0.2) is 9.13 Å². The SMILES string of the molecule is CCC/C=C\C/C=C\CCCCCCCC(=O)OC(COC(=O)CCCCCCCCCCCCCCCCC)COP(=O)(O)OCC(O)COP(=O)(O)OCC(COC(=O)CCCCCCC/C=C\CCCCCCCC)OC(=O)CCCCCCC/C=C\CCCCCCCC. The molecule has 19 heteroatoms. The lowest BCUT2D eigenvalue weighted by Crippen LogP contribution is -2.30. The molecule has 0 aromatic rings. The number of hydrogen-bond donors (Lipinski definition) is 3. The molecule has 0 saturated heterocycles. The molecule has 0 aromatic heterocycles. The fraction of sp³-hybridized carbons (Fsp3) is 0.848. The topological polar surface area (TPSA) is 237 Å². The van der Waals surface area contributed by atoms with Crippen LogP contribution >= 0.6 is 15.6 Å². The average Bonchev–Trinajstić information content (AvgIpc) is 1.07. The van der Waals surface area contributed by atoms with Gasteiger partial charge in [-0.15, -0.1) is 0 Å². The van der Waals surface area contributed by atoms with Gasteiger partial charge in [0.15, 0.2) is 12.2 Å². The lowest BCUT2D eigenvalue weighted by Gasteiger charge is -2.21. The molecule has 0 heterocycles. The Kier molecular flexibility index (Phi) is 70.2. The third kappa shape index (κ3) is 71.4. The van der Waals surface area contributed by atoms with Gasteiger partial charge in [0.2, 0.25) is 0 Å². The maximum absolute atomic E-state index is 13.1. The van der Waals surface area contributed by atoms with Gasteiger partial charge in [0.1, 0.15) is 19.3 Å². The van der Waals surface area contributed by atoms with E-state index in [0.717, 1.165) is 148 Å². The molecule has 574 valence electrons. The summed E-state index contributed by atoms with van der Waals surface area (Å²) in [4.78, 5) is 72.9. The Balaban J connectivity index is 5.32. The molecular weight excluding hydrogens is 1280 g/mol. The van der Waals surface area contributed by atoms with Crippen molar-refractivity contribution in [3.8, 4) is 0 Å². The monoisotopic (exact) mass is 1430 g/mol. The molecule has 0 aliphatic heterocycles. The van der Waals surface area contributed by atoms with Crippen molar-refractivity contribution in [2.75, 3.05) is 39.6 Å². The molecule has 0 aliphatic rings. The molecule has 5 unspecified atom stereocenters. The Morgan fingerprint density at radius 3 is 0.806 bits per heavy atom. The van der Waals surface area contributed by atoms with E-state index in [4.69, 9.17) is 37.0 Å². The van der Waals surface area contributed by atoms with Crippen molar-refractivity contribution < 1.29 is 80.2 Å². The molecule has 0 bridgehead atoms. The highest BCUT2D eigenvalue weighted by molar-refractivity contribution is 7.47. The summed E-state index contributed by atoms with van der Waals surface area (Å²) in [7, 11) is -9.94. The summed E-state index contributed by atoms with van der Waals surface area (Å²) >= 11 is 0. The average molecular weight is 1430 g/mol. The van der Waals surface area contributed by atoms with E-state index in [-0.39, 0.29) is 25.7 Å². The van der Waals surface area contributed by atoms with Crippen molar-refractivity contribution in [3.63, 3.8) is 0 Å². The zero-order valence-electron chi connectivity index (χ0n) is 62.7. The van der Waals surface area contributed by atoms with E-state index in [1.54, 1.807) is 0 Å². The second-order valence-electron chi connectivity index (χ2n) is 27.0. The summed E-state index contributed by atoms with van der Waals surface area (Å²) < 4.78 is 68.6. The zero-order valence-corrected chi connectivity index (χ0v) is 64.5. The number of ether oxygens (including phenoxy) is 4. The fourth-order valence-electron chi connectivity index (χ4n) is 11.1. The van der Waals surface area contributed by atoms with E-state index in [1.807, 2.05) is 0 Å². The molecule has 0 radical (unpaired) electrons. The number of carbonyl (C=O) groups is 4. The van der Waals surface area contributed by atoms with Gasteiger partial charge >= 0.3 is 39.5 Å². The standard InChI is InChI=1S/C79H146O17P2/c1-5-9-13-17-21-25-29-33-36-40-43-47-51-55-59-63-76(81)89-69-74(95-78(83)65-61-57-53-49-45-39-32-28-24-20-16-12-8-4)71-93-97(85,86)91-67-73(80)68-92-98(87,88)94-72-75(96-79(84)66-62-58-54-50-46-42-38-35-31-27-23-19-15-11-7-3)70-90-77(82)64-60-56-52-48-44-41-37-34-30-26-22-18-14-10-6-2/h16,20,28,32,34-35,37-38,73-75,80H,5-15,17-19,21-27,29-31,33,36,39-72H2,1-4H3,(H,85,86)(H,87,88)/b20-16-,32-28-,37-34-,38-35-. The van der Waals surface area contributed by atoms with Gasteiger partial charge in [0, 0.05) is 25.7 Å². The summed E-state index contributed by atoms with van der Waals surface area (Å²) in [5.74, 6) is -2.17. The summed E-state index contributed by atoms with van der Waals surface area (Å²) in [6, 6.07) is 0. The molecule has 0 amide bonds. The van der Waals surface area contributed by atoms with Crippen LogP contribution in [0.4, 0.5) is 0 Å². The van der Waals surface area contributed by atoms with E-state index < -0.39 is 97.5 Å². The molecule has 0 spiro atoms. The summed E-state index contributed by atoms with van der Waals surface area (Å²) in [5, 5.41) is 10.6. The van der Waals surface area contributed by atoms with E-state index in [2.05, 4.69) is 76.3 Å². The van der Waals surface area contributed by atoms with Crippen LogP contribution in [0.1, 0.15) is 374 Å². The van der Waals surface area contributed by atoms with Crippen molar-refractivity contribution in [2.24, 2.45) is 0 Å². The Bertz CT molecular complexity index is 2050.